The third-order valence-electron chi connectivity index (χ3n) is 22.3. The van der Waals surface area contributed by atoms with Crippen LogP contribution in [-0.2, 0) is 88.8 Å². The summed E-state index contributed by atoms with van der Waals surface area (Å²) in [6.45, 7) is 47.3. The number of benzene rings is 11. The van der Waals surface area contributed by atoms with E-state index in [1.165, 1.54) is 23.9 Å². The first-order valence-electron chi connectivity index (χ1n) is 45.9. The van der Waals surface area contributed by atoms with Gasteiger partial charge in [0.15, 0.2) is 29.8 Å². The van der Waals surface area contributed by atoms with E-state index < -0.39 is 55.8 Å². The van der Waals surface area contributed by atoms with Crippen LogP contribution in [0.1, 0.15) is 151 Å². The summed E-state index contributed by atoms with van der Waals surface area (Å²) < 4.78 is 61.2. The molecule has 141 heavy (non-hydrogen) atoms. The minimum atomic E-state index is -2.75. The van der Waals surface area contributed by atoms with Crippen LogP contribution in [-0.4, -0.2) is 137 Å². The molecule has 3 atom stereocenters. The maximum absolute atomic E-state index is 13.4. The Morgan fingerprint density at radius 2 is 1.02 bits per heavy atom. The van der Waals surface area contributed by atoms with Gasteiger partial charge < -0.3 is 75.1 Å². The number of phenols is 1. The number of aromatic hydroxyl groups is 1. The van der Waals surface area contributed by atoms with Gasteiger partial charge >= 0.3 is 31.0 Å². The van der Waals surface area contributed by atoms with Crippen LogP contribution in [0.5, 0.6) is 23.0 Å². The Morgan fingerprint density at radius 3 is 1.50 bits per heavy atom. The molecule has 30 heteroatoms. The van der Waals surface area contributed by atoms with Crippen molar-refractivity contribution in [3.8, 4) is 45.3 Å². The van der Waals surface area contributed by atoms with Gasteiger partial charge in [-0.25, -0.2) is 29.1 Å². The van der Waals surface area contributed by atoms with Crippen molar-refractivity contribution in [1.29, 1.82) is 0 Å². The van der Waals surface area contributed by atoms with Gasteiger partial charge in [0.25, 0.3) is 0 Å². The number of carbonyl (C=O) groups excluding carboxylic acids is 4. The number of H-pyrrole nitrogens is 1. The number of phenolic OH excluding ortho intramolecular Hbond substituents is 1. The highest BCUT2D eigenvalue weighted by Crippen LogP contribution is 2.50. The lowest BCUT2D eigenvalue weighted by Gasteiger charge is -2.30. The first-order chi connectivity index (χ1) is 66.6. The number of nitrogens with zero attached hydrogens (tertiary/aromatic N) is 4. The van der Waals surface area contributed by atoms with E-state index in [1.54, 1.807) is 77.2 Å². The molecule has 0 saturated carbocycles. The van der Waals surface area contributed by atoms with Gasteiger partial charge in [-0.1, -0.05) is 113 Å². The number of aromatic amines is 1. The molecule has 1 unspecified atom stereocenters. The Bertz CT molecular complexity index is 7120. The SMILES string of the molecule is CC(=O)Cc1cccc(Cl)c1.CCOC(=O)C=C(C)Cc1cccc(Cl)c1.CCOC(=O)CP(C)(=O)OCC.Cc1cc(O)c2ccc(Cl)cc2c1.OB(O)c1ccc2c3c(cc[nH+]c13)CCO2.[C-]#[N+]c1ccc2c(-c3ccc4c5c(ccnc35)CCO4)c([C@H](OC(C)(C)C)C(=O)O)c(C)cc2c1.[C-]#[N+]c1ccc2c(-c3ccc4c5c(ccnc35)CCO4)c([C@H](OC(C)(C)C)C(=O)OCC)c(C)cc2c1.[Cl-]. The Labute approximate surface area is 843 Å². The average molecular weight is 2010 g/mol. The van der Waals surface area contributed by atoms with Gasteiger partial charge in [0.1, 0.15) is 34.9 Å². The lowest BCUT2D eigenvalue weighted by molar-refractivity contribution is -0.344. The number of aromatic nitrogens is 3. The van der Waals surface area contributed by atoms with Crippen LogP contribution in [0.4, 0.5) is 11.4 Å². The highest BCUT2D eigenvalue weighted by Gasteiger charge is 2.37. The summed E-state index contributed by atoms with van der Waals surface area (Å²) in [7, 11) is -4.22. The van der Waals surface area contributed by atoms with E-state index in [0.29, 0.717) is 95.7 Å². The highest BCUT2D eigenvalue weighted by molar-refractivity contribution is 7.59. The van der Waals surface area contributed by atoms with Crippen LogP contribution in [0, 0.1) is 33.9 Å². The number of rotatable bonds is 21. The average Bonchev–Trinajstić information content (AvgIpc) is 0.733. The Hall–Kier alpha value is -12.8. The number of esters is 3. The second kappa shape index (κ2) is 50.0. The molecule has 0 spiro atoms. The van der Waals surface area contributed by atoms with Gasteiger partial charge in [-0.15, -0.1) is 0 Å². The number of pyridine rings is 3. The number of carboxylic acids is 1. The predicted octanol–water partition coefficient (Wildman–Crippen LogP) is 21.2. The van der Waals surface area contributed by atoms with Gasteiger partial charge in [0.2, 0.25) is 12.9 Å². The number of ether oxygens (including phenoxy) is 8. The molecule has 3 aliphatic heterocycles. The van der Waals surface area contributed by atoms with Crippen LogP contribution in [0.15, 0.2) is 212 Å². The van der Waals surface area contributed by atoms with Gasteiger partial charge in [0.05, 0.1) is 92.5 Å². The summed E-state index contributed by atoms with van der Waals surface area (Å²) in [5, 5.41) is 48.8. The quantitative estimate of drug-likeness (QED) is 0.0130. The molecular formula is C111H115BCl4N5O19P. The van der Waals surface area contributed by atoms with Crippen molar-refractivity contribution in [2.45, 2.75) is 159 Å². The van der Waals surface area contributed by atoms with E-state index >= 15 is 0 Å². The molecule has 14 aromatic rings. The normalized spacial score (nSPS) is 12.9. The second-order valence-corrected chi connectivity index (χ2v) is 39.5. The van der Waals surface area contributed by atoms with E-state index in [-0.39, 0.29) is 36.9 Å². The molecule has 0 radical (unpaired) electrons. The zero-order valence-electron chi connectivity index (χ0n) is 81.7. The van der Waals surface area contributed by atoms with Crippen LogP contribution in [0.3, 0.4) is 0 Å². The fourth-order valence-electron chi connectivity index (χ4n) is 16.8. The smallest absolute Gasteiger partial charge is 0.495 e. The molecule has 0 bridgehead atoms. The monoisotopic (exact) mass is 2000 g/mol. The van der Waals surface area contributed by atoms with Crippen LogP contribution in [0.2, 0.25) is 15.1 Å². The number of halogens is 4. The number of Topliss-reactive ketones (excluding diaryl/α,β-unsaturated/α-hetero) is 1. The Balaban J connectivity index is 0.000000179. The fourth-order valence-corrected chi connectivity index (χ4v) is 18.7. The minimum Gasteiger partial charge on any atom is -1.00 e. The molecule has 0 fully saturated rings. The lowest BCUT2D eigenvalue weighted by Crippen LogP contribution is -3.00. The first-order valence-corrected chi connectivity index (χ1v) is 49.3. The van der Waals surface area contributed by atoms with Crippen molar-refractivity contribution in [3.63, 3.8) is 0 Å². The van der Waals surface area contributed by atoms with Crippen molar-refractivity contribution in [2.24, 2.45) is 0 Å². The largest absolute Gasteiger partial charge is 1.00 e. The molecule has 17 rings (SSSR count). The van der Waals surface area contributed by atoms with E-state index in [0.717, 1.165) is 168 Å². The molecule has 734 valence electrons. The molecular weight excluding hydrogens is 1890 g/mol. The molecule has 3 aromatic heterocycles. The fraction of sp³-hybridized carbons (Fsp3) is 0.297. The first kappa shape index (κ1) is 110. The number of carbonyl (C=O) groups is 5. The summed E-state index contributed by atoms with van der Waals surface area (Å²) >= 11 is 17.4. The number of aliphatic carboxylic acids is 1. The van der Waals surface area contributed by atoms with Crippen LogP contribution < -0.4 is 37.1 Å². The van der Waals surface area contributed by atoms with Crippen molar-refractivity contribution in [2.75, 3.05) is 59.1 Å². The maximum atomic E-state index is 13.4. The second-order valence-electron chi connectivity index (χ2n) is 35.6. The number of ketones is 1. The number of nitrogens with one attached hydrogen (secondary N) is 1. The number of carboxylic acid groups (broad SMARTS) is 1. The molecule has 0 amide bonds. The van der Waals surface area contributed by atoms with E-state index in [1.807, 2.05) is 227 Å². The summed E-state index contributed by atoms with van der Waals surface area (Å²) in [6.07, 6.45) is 8.34. The van der Waals surface area contributed by atoms with Crippen molar-refractivity contribution in [1.82, 2.24) is 9.97 Å². The number of aryl methyl sites for hydroxylation is 3. The zero-order valence-corrected chi connectivity index (χ0v) is 85.6. The van der Waals surface area contributed by atoms with E-state index in [9.17, 15) is 48.8 Å². The third-order valence-corrected chi connectivity index (χ3v) is 24.7. The third kappa shape index (κ3) is 29.2. The summed E-state index contributed by atoms with van der Waals surface area (Å²) in [4.78, 5) is 78.5. The number of hydrogen-bond donors (Lipinski definition) is 4. The minimum absolute atomic E-state index is 0. The summed E-state index contributed by atoms with van der Waals surface area (Å²) in [5.74, 6) is 0.635. The number of allylic oxidation sites excluding steroid dienone is 1. The van der Waals surface area contributed by atoms with E-state index in [4.69, 9.17) is 95.6 Å². The summed E-state index contributed by atoms with van der Waals surface area (Å²) in [5.41, 5.74) is 16.5. The van der Waals surface area contributed by atoms with Crippen molar-refractivity contribution < 1.29 is 109 Å². The van der Waals surface area contributed by atoms with Gasteiger partial charge in [-0.3, -0.25) is 24.1 Å². The Kier molecular flexibility index (Phi) is 39.1. The molecule has 5 N–H and O–H groups in total. The predicted molar refractivity (Wildman–Crippen MR) is 554 cm³/mol. The topological polar surface area (TPSA) is 315 Å². The molecule has 11 aromatic carbocycles. The van der Waals surface area contributed by atoms with Gasteiger partial charge in [-0.05, 0) is 296 Å². The standard InChI is InChI=1S/C31H30N2O4.C29H26N2O4.C13H15ClO2.C11H10BNO3.C11H9ClO.C9H9ClO.C7H15O4P.ClH/c1-7-35-30(34)29(37-31(3,4)5)25-18(2)16-20-17-21(32-6)8-9-22(20)27(25)23-10-11-24-26-19(13-15-36-24)12-14-33-28(23)26;1-16-14-18-15-19(30-5)6-7-20(18)25(23(16)27(28(32)33)35-29(2,3)4)21-8-9-22-24-17(11-13-34-22)10-12-31-26(21)24;1-3-16-13(15)8-10(2)7-11-5-4-6-12(14)9-11;14-12(15)8-1-2-9-10-7(4-6-16-9)3-5-13-11(8)10;1-7-4-8-6-9(12)2-3-10(8)11(13)5-7;1-7(11)5-8-3-2-4-9(10)6-8;1-4-10-7(8)6-12(3,9)11-5-2;/h8-12,14,16-17,29H,7,13,15H2,1-5H3;6-10,12,14-15,27H,11,13H2,1-4H3,(H,32,33);4-6,8-9H,3,7H2,1-2H3;1-3,5,14-15H,4,6H2;2-6,13H,1H3;2-4,6H,5H2,1H3;4-6H2,1-3H3;1H/t29-;27-;;;;;;/m00....../s1. The van der Waals surface area contributed by atoms with Crippen molar-refractivity contribution >= 4 is 161 Å². The molecule has 0 aliphatic carbocycles. The highest BCUT2D eigenvalue weighted by atomic mass is 35.5. The van der Waals surface area contributed by atoms with E-state index in [2.05, 4.69) is 19.4 Å². The van der Waals surface area contributed by atoms with Crippen LogP contribution >= 0.6 is 42.2 Å². The van der Waals surface area contributed by atoms with Gasteiger partial charge in [-0.2, -0.15) is 0 Å². The van der Waals surface area contributed by atoms with Gasteiger partial charge in [0, 0.05) is 110 Å². The molecule has 0 saturated heterocycles. The van der Waals surface area contributed by atoms with Crippen LogP contribution in [0.25, 0.3) is 97.0 Å². The zero-order chi connectivity index (χ0) is 102. The maximum Gasteiger partial charge on any atom is 0.495 e. The number of hydrogen-bond acceptors (Lipinski definition) is 20. The molecule has 3 aliphatic rings. The lowest BCUT2D eigenvalue weighted by atomic mass is 9.78. The van der Waals surface area contributed by atoms with Crippen molar-refractivity contribution in [3.05, 3.63) is 306 Å². The summed E-state index contributed by atoms with van der Waals surface area (Å²) in [6, 6.07) is 56.6. The number of fused-ring (bicyclic) bond motifs is 3. The molecule has 6 heterocycles. The molecule has 24 nitrogen and oxygen atoms in total. The Morgan fingerprint density at radius 1 is 0.553 bits per heavy atom.